The number of amides is 2. The molecule has 0 radical (unpaired) electrons. The molecular weight excluding hydrogens is 354 g/mol. The maximum absolute atomic E-state index is 12.3. The monoisotopic (exact) mass is 371 g/mol. The zero-order valence-electron chi connectivity index (χ0n) is 14.2. The van der Waals surface area contributed by atoms with Gasteiger partial charge in [0, 0.05) is 12.7 Å². The number of hydrogen-bond donors (Lipinski definition) is 2. The number of rotatable bonds is 5. The minimum absolute atomic E-state index is 0.180. The Morgan fingerprint density at radius 1 is 1.19 bits per heavy atom. The fourth-order valence-electron chi connectivity index (χ4n) is 2.57. The number of methoxy groups -OCH3 is 1. The van der Waals surface area contributed by atoms with Gasteiger partial charge in [0.1, 0.15) is 5.69 Å². The van der Waals surface area contributed by atoms with Crippen molar-refractivity contribution in [1.29, 1.82) is 0 Å². The highest BCUT2D eigenvalue weighted by molar-refractivity contribution is 7.17. The summed E-state index contributed by atoms with van der Waals surface area (Å²) in [5.74, 6) is -1.20. The highest BCUT2D eigenvalue weighted by atomic mass is 32.1. The summed E-state index contributed by atoms with van der Waals surface area (Å²) in [7, 11) is 3.10. The predicted molar refractivity (Wildman–Crippen MR) is 99.5 cm³/mol. The van der Waals surface area contributed by atoms with Crippen molar-refractivity contribution in [2.75, 3.05) is 19.0 Å². The van der Waals surface area contributed by atoms with E-state index in [0.717, 1.165) is 10.2 Å². The molecule has 0 fully saturated rings. The lowest BCUT2D eigenvalue weighted by atomic mass is 10.2. The van der Waals surface area contributed by atoms with Crippen LogP contribution in [0.25, 0.3) is 10.2 Å². The average Bonchev–Trinajstić information content (AvgIpc) is 3.22. The minimum atomic E-state index is -0.488. The number of nitrogens with one attached hydrogen (secondary N) is 2. The molecule has 0 bridgehead atoms. The second kappa shape index (κ2) is 7.40. The quantitative estimate of drug-likeness (QED) is 0.674. The van der Waals surface area contributed by atoms with Crippen LogP contribution in [-0.4, -0.2) is 36.0 Å². The Hall–Kier alpha value is -3.13. The van der Waals surface area contributed by atoms with Gasteiger partial charge in [-0.15, -0.1) is 11.3 Å². The minimum Gasteiger partial charge on any atom is -0.465 e. The summed E-state index contributed by atoms with van der Waals surface area (Å²) in [4.78, 5) is 35.9. The Morgan fingerprint density at radius 2 is 2.00 bits per heavy atom. The maximum Gasteiger partial charge on any atom is 0.337 e. The normalized spacial score (nSPS) is 10.5. The van der Waals surface area contributed by atoms with Crippen molar-refractivity contribution in [3.05, 3.63) is 53.0 Å². The number of hydrogen-bond acceptors (Lipinski definition) is 5. The number of carbonyl (C=O) groups is 3. The number of fused-ring (bicyclic) bond motifs is 1. The summed E-state index contributed by atoms with van der Waals surface area (Å²) in [6, 6.07) is 10.1. The van der Waals surface area contributed by atoms with E-state index in [4.69, 9.17) is 0 Å². The standard InChI is InChI=1S/C18H17N3O4S/c1-21-13-6-7-26-15(13)9-14(21)17(23)19-10-16(22)20-12-5-3-4-11(8-12)18(24)25-2/h3-9H,10H2,1-2H3,(H,19,23)(H,20,22). The van der Waals surface area contributed by atoms with E-state index in [1.54, 1.807) is 40.2 Å². The third-order valence-corrected chi connectivity index (χ3v) is 4.73. The third kappa shape index (κ3) is 3.60. The molecule has 1 aromatic carbocycles. The molecule has 0 aliphatic heterocycles. The Kier molecular flexibility index (Phi) is 5.04. The van der Waals surface area contributed by atoms with E-state index < -0.39 is 11.9 Å². The van der Waals surface area contributed by atoms with Gasteiger partial charge in [-0.05, 0) is 35.7 Å². The van der Waals surface area contributed by atoms with Crippen LogP contribution in [0.15, 0.2) is 41.8 Å². The van der Waals surface area contributed by atoms with Gasteiger partial charge in [-0.2, -0.15) is 0 Å². The Labute approximate surface area is 153 Å². The molecule has 7 nitrogen and oxygen atoms in total. The molecule has 0 aliphatic rings. The van der Waals surface area contributed by atoms with Crippen molar-refractivity contribution in [2.24, 2.45) is 7.05 Å². The number of nitrogens with zero attached hydrogens (tertiary/aromatic N) is 1. The van der Waals surface area contributed by atoms with E-state index in [0.29, 0.717) is 16.9 Å². The lowest BCUT2D eigenvalue weighted by Gasteiger charge is -2.08. The number of esters is 1. The first kappa shape index (κ1) is 17.7. The van der Waals surface area contributed by atoms with Gasteiger partial charge in [0.25, 0.3) is 5.91 Å². The first-order chi connectivity index (χ1) is 12.5. The zero-order valence-corrected chi connectivity index (χ0v) is 15.1. The van der Waals surface area contributed by atoms with Gasteiger partial charge < -0.3 is 19.9 Å². The fourth-order valence-corrected chi connectivity index (χ4v) is 3.41. The second-order valence-electron chi connectivity index (χ2n) is 5.56. The molecule has 2 amide bonds. The zero-order chi connectivity index (χ0) is 18.7. The van der Waals surface area contributed by atoms with Crippen molar-refractivity contribution in [3.63, 3.8) is 0 Å². The number of carbonyl (C=O) groups excluding carboxylic acids is 3. The van der Waals surface area contributed by atoms with Gasteiger partial charge >= 0.3 is 5.97 Å². The first-order valence-electron chi connectivity index (χ1n) is 7.79. The molecule has 3 rings (SSSR count). The molecule has 134 valence electrons. The number of ether oxygens (including phenoxy) is 1. The molecule has 2 heterocycles. The first-order valence-corrected chi connectivity index (χ1v) is 8.67. The van der Waals surface area contributed by atoms with Crippen LogP contribution in [0.1, 0.15) is 20.8 Å². The molecule has 0 unspecified atom stereocenters. The summed E-state index contributed by atoms with van der Waals surface area (Å²) in [5, 5.41) is 7.20. The van der Waals surface area contributed by atoms with Crippen LogP contribution in [0.4, 0.5) is 5.69 Å². The van der Waals surface area contributed by atoms with Crippen LogP contribution in [0.5, 0.6) is 0 Å². The van der Waals surface area contributed by atoms with Crippen LogP contribution in [0.2, 0.25) is 0 Å². The molecule has 0 saturated carbocycles. The summed E-state index contributed by atoms with van der Waals surface area (Å²) in [6.45, 7) is -0.180. The summed E-state index contributed by atoms with van der Waals surface area (Å²) >= 11 is 1.55. The van der Waals surface area contributed by atoms with E-state index >= 15 is 0 Å². The van der Waals surface area contributed by atoms with Crippen LogP contribution >= 0.6 is 11.3 Å². The Balaban J connectivity index is 1.60. The Bertz CT molecular complexity index is 989. The van der Waals surface area contributed by atoms with Crippen molar-refractivity contribution in [1.82, 2.24) is 9.88 Å². The van der Waals surface area contributed by atoms with Crippen molar-refractivity contribution < 1.29 is 19.1 Å². The Morgan fingerprint density at radius 3 is 2.73 bits per heavy atom. The number of thiophene rings is 1. The molecule has 3 aromatic rings. The van der Waals surface area contributed by atoms with E-state index in [2.05, 4.69) is 15.4 Å². The SMILES string of the molecule is COC(=O)c1cccc(NC(=O)CNC(=O)c2cc3sccc3n2C)c1. The summed E-state index contributed by atoms with van der Waals surface area (Å²) in [5.41, 5.74) is 2.25. The molecular formula is C18H17N3O4S. The van der Waals surface area contributed by atoms with Gasteiger partial charge in [-0.25, -0.2) is 4.79 Å². The smallest absolute Gasteiger partial charge is 0.337 e. The van der Waals surface area contributed by atoms with Crippen molar-refractivity contribution in [2.45, 2.75) is 0 Å². The van der Waals surface area contributed by atoms with Crippen LogP contribution in [0.3, 0.4) is 0 Å². The van der Waals surface area contributed by atoms with Gasteiger partial charge in [0.15, 0.2) is 0 Å². The summed E-state index contributed by atoms with van der Waals surface area (Å²) < 4.78 is 7.45. The lowest BCUT2D eigenvalue weighted by Crippen LogP contribution is -2.33. The van der Waals surface area contributed by atoms with Gasteiger partial charge in [-0.3, -0.25) is 9.59 Å². The van der Waals surface area contributed by atoms with E-state index in [-0.39, 0.29) is 12.5 Å². The predicted octanol–water partition coefficient (Wildman–Crippen LogP) is 2.39. The number of aromatic nitrogens is 1. The van der Waals surface area contributed by atoms with Gasteiger partial charge in [0.2, 0.25) is 5.91 Å². The highest BCUT2D eigenvalue weighted by Crippen LogP contribution is 2.24. The third-order valence-electron chi connectivity index (χ3n) is 3.87. The number of anilines is 1. The second-order valence-corrected chi connectivity index (χ2v) is 6.51. The van der Waals surface area contributed by atoms with Crippen LogP contribution in [-0.2, 0) is 16.6 Å². The van der Waals surface area contributed by atoms with E-state index in [9.17, 15) is 14.4 Å². The highest BCUT2D eigenvalue weighted by Gasteiger charge is 2.15. The topological polar surface area (TPSA) is 89.4 Å². The maximum atomic E-state index is 12.3. The molecule has 0 aliphatic carbocycles. The molecule has 2 N–H and O–H groups in total. The van der Waals surface area contributed by atoms with Crippen LogP contribution < -0.4 is 10.6 Å². The lowest BCUT2D eigenvalue weighted by molar-refractivity contribution is -0.115. The number of benzene rings is 1. The summed E-state index contributed by atoms with van der Waals surface area (Å²) in [6.07, 6.45) is 0. The molecule has 0 saturated heterocycles. The molecule has 0 atom stereocenters. The molecule has 26 heavy (non-hydrogen) atoms. The van der Waals surface area contributed by atoms with Crippen molar-refractivity contribution >= 4 is 45.0 Å². The van der Waals surface area contributed by atoms with Gasteiger partial charge in [0.05, 0.1) is 29.4 Å². The van der Waals surface area contributed by atoms with Gasteiger partial charge in [-0.1, -0.05) is 6.07 Å². The van der Waals surface area contributed by atoms with E-state index in [1.165, 1.54) is 13.2 Å². The van der Waals surface area contributed by atoms with Crippen LogP contribution in [0, 0.1) is 0 Å². The van der Waals surface area contributed by atoms with E-state index in [1.807, 2.05) is 18.5 Å². The average molecular weight is 371 g/mol. The molecule has 2 aromatic heterocycles. The molecule has 8 heteroatoms. The number of aryl methyl sites for hydroxylation is 1. The fraction of sp³-hybridized carbons (Fsp3) is 0.167. The van der Waals surface area contributed by atoms with Crippen molar-refractivity contribution in [3.8, 4) is 0 Å². The largest absolute Gasteiger partial charge is 0.465 e. The molecule has 0 spiro atoms.